The van der Waals surface area contributed by atoms with Crippen molar-refractivity contribution in [3.63, 3.8) is 0 Å². The highest BCUT2D eigenvalue weighted by Gasteiger charge is 2.45. The minimum atomic E-state index is -0.941. The molecule has 8 nitrogen and oxygen atoms in total. The van der Waals surface area contributed by atoms with Crippen LogP contribution in [-0.2, 0) is 9.59 Å². The van der Waals surface area contributed by atoms with Crippen molar-refractivity contribution in [3.8, 4) is 0 Å². The van der Waals surface area contributed by atoms with E-state index in [2.05, 4.69) is 29.8 Å². The van der Waals surface area contributed by atoms with Gasteiger partial charge in [-0.15, -0.1) is 0 Å². The number of carbonyl (C=O) groups is 4. The average molecular weight is 443 g/mol. The third-order valence-corrected chi connectivity index (χ3v) is 5.94. The second-order valence-corrected chi connectivity index (χ2v) is 8.83. The van der Waals surface area contributed by atoms with Gasteiger partial charge < -0.3 is 10.6 Å². The van der Waals surface area contributed by atoms with Gasteiger partial charge in [0, 0.05) is 24.7 Å². The second-order valence-electron chi connectivity index (χ2n) is 8.83. The predicted octanol–water partition coefficient (Wildman–Crippen LogP) is 2.84. The average Bonchev–Trinajstić information content (AvgIpc) is 3.00. The van der Waals surface area contributed by atoms with Gasteiger partial charge in [0.25, 0.3) is 11.8 Å². The maximum absolute atomic E-state index is 13.1. The SMILES string of the molecule is CC(C)NCCCCCCCCNc1cccc2c1C(=O)N(C1CCC(=O)NC1=O)C2=O. The molecule has 1 atom stereocenters. The lowest BCUT2D eigenvalue weighted by Gasteiger charge is -2.27. The largest absolute Gasteiger partial charge is 0.384 e. The number of anilines is 1. The van der Waals surface area contributed by atoms with Crippen LogP contribution in [0.4, 0.5) is 5.69 Å². The molecule has 3 N–H and O–H groups in total. The Bertz CT molecular complexity index is 868. The molecule has 0 aliphatic carbocycles. The van der Waals surface area contributed by atoms with Gasteiger partial charge >= 0.3 is 0 Å². The van der Waals surface area contributed by atoms with Gasteiger partial charge in [-0.2, -0.15) is 0 Å². The van der Waals surface area contributed by atoms with Crippen LogP contribution < -0.4 is 16.0 Å². The monoisotopic (exact) mass is 442 g/mol. The topological polar surface area (TPSA) is 108 Å². The molecule has 2 aliphatic rings. The molecule has 1 unspecified atom stereocenters. The van der Waals surface area contributed by atoms with E-state index in [-0.39, 0.29) is 18.7 Å². The zero-order valence-corrected chi connectivity index (χ0v) is 19.0. The fraction of sp³-hybridized carbons (Fsp3) is 0.583. The van der Waals surface area contributed by atoms with Gasteiger partial charge in [0.2, 0.25) is 11.8 Å². The Morgan fingerprint density at radius 2 is 1.66 bits per heavy atom. The van der Waals surface area contributed by atoms with Crippen molar-refractivity contribution in [1.82, 2.24) is 15.5 Å². The van der Waals surface area contributed by atoms with Gasteiger partial charge in [-0.25, -0.2) is 0 Å². The van der Waals surface area contributed by atoms with Gasteiger partial charge in [0.15, 0.2) is 0 Å². The Hall–Kier alpha value is -2.74. The number of rotatable bonds is 12. The number of hydrogen-bond donors (Lipinski definition) is 3. The molecular formula is C24H34N4O4. The smallest absolute Gasteiger partial charge is 0.264 e. The minimum absolute atomic E-state index is 0.114. The number of piperidine rings is 1. The van der Waals surface area contributed by atoms with Gasteiger partial charge in [-0.1, -0.05) is 45.6 Å². The van der Waals surface area contributed by atoms with E-state index in [1.54, 1.807) is 18.2 Å². The molecule has 1 aromatic rings. The zero-order chi connectivity index (χ0) is 23.1. The van der Waals surface area contributed by atoms with Crippen molar-refractivity contribution in [2.45, 2.75) is 77.3 Å². The van der Waals surface area contributed by atoms with E-state index in [0.717, 1.165) is 24.3 Å². The van der Waals surface area contributed by atoms with Crippen LogP contribution in [-0.4, -0.2) is 53.7 Å². The molecule has 4 amide bonds. The van der Waals surface area contributed by atoms with Crippen LogP contribution >= 0.6 is 0 Å². The summed E-state index contributed by atoms with van der Waals surface area (Å²) in [6.45, 7) is 6.10. The molecule has 0 radical (unpaired) electrons. The van der Waals surface area contributed by atoms with Crippen LogP contribution in [0.15, 0.2) is 18.2 Å². The second kappa shape index (κ2) is 11.2. The fourth-order valence-corrected chi connectivity index (χ4v) is 4.23. The molecule has 0 aromatic heterocycles. The number of benzene rings is 1. The molecule has 2 heterocycles. The third-order valence-electron chi connectivity index (χ3n) is 5.94. The first-order valence-corrected chi connectivity index (χ1v) is 11.7. The van der Waals surface area contributed by atoms with E-state index >= 15 is 0 Å². The lowest BCUT2D eigenvalue weighted by atomic mass is 10.0. The summed E-state index contributed by atoms with van der Waals surface area (Å²) in [7, 11) is 0. The number of carbonyl (C=O) groups excluding carboxylic acids is 4. The van der Waals surface area contributed by atoms with Crippen LogP contribution in [0.2, 0.25) is 0 Å². The Morgan fingerprint density at radius 1 is 0.969 bits per heavy atom. The molecule has 32 heavy (non-hydrogen) atoms. The number of fused-ring (bicyclic) bond motifs is 1. The summed E-state index contributed by atoms with van der Waals surface area (Å²) in [6.07, 6.45) is 7.18. The normalized spacial score (nSPS) is 18.3. The summed E-state index contributed by atoms with van der Waals surface area (Å²) >= 11 is 0. The Labute approximate surface area is 189 Å². The molecule has 174 valence electrons. The Kier molecular flexibility index (Phi) is 8.39. The van der Waals surface area contributed by atoms with Crippen molar-refractivity contribution in [2.24, 2.45) is 0 Å². The highest BCUT2D eigenvalue weighted by molar-refractivity contribution is 6.25. The molecule has 0 saturated carbocycles. The summed E-state index contributed by atoms with van der Waals surface area (Å²) in [5.74, 6) is -1.92. The van der Waals surface area contributed by atoms with E-state index < -0.39 is 23.8 Å². The summed E-state index contributed by atoms with van der Waals surface area (Å²) in [5.41, 5.74) is 1.25. The zero-order valence-electron chi connectivity index (χ0n) is 19.0. The van der Waals surface area contributed by atoms with Gasteiger partial charge in [0.05, 0.1) is 11.1 Å². The summed E-state index contributed by atoms with van der Waals surface area (Å²) < 4.78 is 0. The first-order valence-electron chi connectivity index (χ1n) is 11.7. The number of nitrogens with one attached hydrogen (secondary N) is 3. The predicted molar refractivity (Wildman–Crippen MR) is 122 cm³/mol. The summed E-state index contributed by atoms with van der Waals surface area (Å²) in [5, 5.41) is 8.95. The summed E-state index contributed by atoms with van der Waals surface area (Å²) in [4.78, 5) is 50.5. The van der Waals surface area contributed by atoms with Crippen molar-refractivity contribution < 1.29 is 19.2 Å². The van der Waals surface area contributed by atoms with E-state index in [1.165, 1.54) is 25.7 Å². The van der Waals surface area contributed by atoms with Gasteiger partial charge in [0.1, 0.15) is 6.04 Å². The minimum Gasteiger partial charge on any atom is -0.384 e. The van der Waals surface area contributed by atoms with E-state index in [4.69, 9.17) is 0 Å². The number of amides is 4. The lowest BCUT2D eigenvalue weighted by Crippen LogP contribution is -2.54. The van der Waals surface area contributed by atoms with E-state index in [9.17, 15) is 19.2 Å². The van der Waals surface area contributed by atoms with E-state index in [1.807, 2.05) is 0 Å². The van der Waals surface area contributed by atoms with Crippen LogP contribution in [0, 0.1) is 0 Å². The van der Waals surface area contributed by atoms with Gasteiger partial charge in [-0.05, 0) is 37.9 Å². The molecule has 1 aromatic carbocycles. The highest BCUT2D eigenvalue weighted by Crippen LogP contribution is 2.32. The molecule has 0 spiro atoms. The fourth-order valence-electron chi connectivity index (χ4n) is 4.23. The standard InChI is InChI=1S/C24H34N4O4/c1-16(2)25-14-7-5-3-4-6-8-15-26-18-11-9-10-17-21(18)24(32)28(23(17)31)19-12-13-20(29)27-22(19)30/h9-11,16,19,25-26H,3-8,12-15H2,1-2H3,(H,27,29,30). The maximum Gasteiger partial charge on any atom is 0.264 e. The summed E-state index contributed by atoms with van der Waals surface area (Å²) in [6, 6.07) is 4.74. The van der Waals surface area contributed by atoms with Crippen LogP contribution in [0.3, 0.4) is 0 Å². The maximum atomic E-state index is 13.1. The van der Waals surface area contributed by atoms with Crippen molar-refractivity contribution in [2.75, 3.05) is 18.4 Å². The molecule has 1 saturated heterocycles. The number of hydrogen-bond acceptors (Lipinski definition) is 6. The van der Waals surface area contributed by atoms with Crippen molar-refractivity contribution >= 4 is 29.3 Å². The van der Waals surface area contributed by atoms with Crippen molar-refractivity contribution in [3.05, 3.63) is 29.3 Å². The number of imide groups is 2. The highest BCUT2D eigenvalue weighted by atomic mass is 16.2. The quantitative estimate of drug-likeness (QED) is 0.339. The van der Waals surface area contributed by atoms with Crippen LogP contribution in [0.5, 0.6) is 0 Å². The first kappa shape index (κ1) is 23.9. The molecule has 8 heteroatoms. The molecule has 1 fully saturated rings. The van der Waals surface area contributed by atoms with Crippen molar-refractivity contribution in [1.29, 1.82) is 0 Å². The number of nitrogens with zero attached hydrogens (tertiary/aromatic N) is 1. The lowest BCUT2D eigenvalue weighted by molar-refractivity contribution is -0.136. The van der Waals surface area contributed by atoms with Gasteiger partial charge in [-0.3, -0.25) is 29.4 Å². The molecule has 3 rings (SSSR count). The molecular weight excluding hydrogens is 408 g/mol. The Balaban J connectivity index is 1.48. The first-order chi connectivity index (χ1) is 15.4. The van der Waals surface area contributed by atoms with Crippen LogP contribution in [0.1, 0.15) is 85.9 Å². The molecule has 0 bridgehead atoms. The van der Waals surface area contributed by atoms with E-state index in [0.29, 0.717) is 29.4 Å². The molecule has 2 aliphatic heterocycles. The third kappa shape index (κ3) is 5.73. The number of unbranched alkanes of at least 4 members (excludes halogenated alkanes) is 5. The Morgan fingerprint density at radius 3 is 2.34 bits per heavy atom. The van der Waals surface area contributed by atoms with Crippen LogP contribution in [0.25, 0.3) is 0 Å².